The van der Waals surface area contributed by atoms with Gasteiger partial charge in [-0.1, -0.05) is 45.0 Å². The van der Waals surface area contributed by atoms with Crippen molar-refractivity contribution in [2.45, 2.75) is 26.2 Å². The van der Waals surface area contributed by atoms with Gasteiger partial charge in [0, 0.05) is 40.5 Å². The second-order valence-electron chi connectivity index (χ2n) is 9.20. The van der Waals surface area contributed by atoms with E-state index in [1.54, 1.807) is 11.3 Å². The van der Waals surface area contributed by atoms with Crippen LogP contribution in [0.2, 0.25) is 0 Å². The standard InChI is InChI=1S/C28H22N2OS/c1-28(2,3)23-13-19(12-17-6-4-5-7-20(17)23)26-27-18(8-10-30-26)14-24(31-27)22-15-29-16-25-21(22)9-11-32-25/h4-16H,1-3H3. The molecule has 156 valence electrons. The van der Waals surface area contributed by atoms with Crippen LogP contribution in [0.15, 0.2) is 83.0 Å². The number of pyridine rings is 2. The lowest BCUT2D eigenvalue weighted by molar-refractivity contribution is 0.596. The van der Waals surface area contributed by atoms with Gasteiger partial charge >= 0.3 is 0 Å². The SMILES string of the molecule is CC(C)(C)c1cc(-c2nccc3cc(-c4cncc5sccc45)oc23)cc2ccccc12. The highest BCUT2D eigenvalue weighted by Crippen LogP contribution is 2.39. The van der Waals surface area contributed by atoms with Crippen LogP contribution in [0.25, 0.3) is 54.4 Å². The average molecular weight is 435 g/mol. The van der Waals surface area contributed by atoms with E-state index in [0.717, 1.165) is 38.3 Å². The van der Waals surface area contributed by atoms with E-state index in [9.17, 15) is 0 Å². The molecule has 3 nitrogen and oxygen atoms in total. The van der Waals surface area contributed by atoms with Crippen molar-refractivity contribution in [3.8, 4) is 22.6 Å². The Kier molecular flexibility index (Phi) is 4.21. The Morgan fingerprint density at radius 1 is 0.875 bits per heavy atom. The van der Waals surface area contributed by atoms with Crippen molar-refractivity contribution < 1.29 is 4.42 Å². The molecule has 2 aromatic carbocycles. The molecule has 0 N–H and O–H groups in total. The summed E-state index contributed by atoms with van der Waals surface area (Å²) in [5.74, 6) is 0.822. The number of benzene rings is 2. The lowest BCUT2D eigenvalue weighted by Gasteiger charge is -2.22. The van der Waals surface area contributed by atoms with Gasteiger partial charge in [-0.2, -0.15) is 0 Å². The monoisotopic (exact) mass is 434 g/mol. The highest BCUT2D eigenvalue weighted by atomic mass is 32.1. The summed E-state index contributed by atoms with van der Waals surface area (Å²) in [5.41, 5.74) is 5.09. The Morgan fingerprint density at radius 2 is 1.75 bits per heavy atom. The molecule has 0 bridgehead atoms. The van der Waals surface area contributed by atoms with Crippen LogP contribution in [0.5, 0.6) is 0 Å². The molecule has 32 heavy (non-hydrogen) atoms. The lowest BCUT2D eigenvalue weighted by Crippen LogP contribution is -2.12. The highest BCUT2D eigenvalue weighted by Gasteiger charge is 2.20. The summed E-state index contributed by atoms with van der Waals surface area (Å²) in [6.07, 6.45) is 5.65. The van der Waals surface area contributed by atoms with Crippen LogP contribution in [0, 0.1) is 0 Å². The number of thiophene rings is 1. The van der Waals surface area contributed by atoms with Crippen LogP contribution >= 0.6 is 11.3 Å². The summed E-state index contributed by atoms with van der Waals surface area (Å²) in [6, 6.07) is 19.3. The van der Waals surface area contributed by atoms with E-state index in [1.807, 2.05) is 24.7 Å². The number of nitrogens with zero attached hydrogens (tertiary/aromatic N) is 2. The van der Waals surface area contributed by atoms with Crippen LogP contribution in [-0.4, -0.2) is 9.97 Å². The first-order valence-corrected chi connectivity index (χ1v) is 11.6. The molecule has 6 aromatic rings. The third kappa shape index (κ3) is 3.02. The van der Waals surface area contributed by atoms with E-state index in [-0.39, 0.29) is 5.41 Å². The zero-order valence-electron chi connectivity index (χ0n) is 18.2. The van der Waals surface area contributed by atoms with Gasteiger partial charge in [-0.3, -0.25) is 9.97 Å². The molecule has 0 aliphatic rings. The van der Waals surface area contributed by atoms with E-state index >= 15 is 0 Å². The van der Waals surface area contributed by atoms with Gasteiger partial charge in [-0.05, 0) is 57.5 Å². The van der Waals surface area contributed by atoms with Crippen molar-refractivity contribution >= 4 is 43.2 Å². The minimum atomic E-state index is 0.0120. The smallest absolute Gasteiger partial charge is 0.161 e. The minimum Gasteiger partial charge on any atom is -0.454 e. The van der Waals surface area contributed by atoms with Crippen LogP contribution < -0.4 is 0 Å². The van der Waals surface area contributed by atoms with Crippen molar-refractivity contribution in [1.82, 2.24) is 9.97 Å². The maximum Gasteiger partial charge on any atom is 0.161 e. The summed E-state index contributed by atoms with van der Waals surface area (Å²) in [4.78, 5) is 9.18. The predicted octanol–water partition coefficient (Wildman–Crippen LogP) is 8.22. The quantitative estimate of drug-likeness (QED) is 0.275. The van der Waals surface area contributed by atoms with Gasteiger partial charge in [0.1, 0.15) is 11.5 Å². The van der Waals surface area contributed by atoms with Crippen molar-refractivity contribution in [2.75, 3.05) is 0 Å². The van der Waals surface area contributed by atoms with Crippen LogP contribution in [0.1, 0.15) is 26.3 Å². The van der Waals surface area contributed by atoms with Crippen molar-refractivity contribution in [3.05, 3.63) is 84.1 Å². The molecule has 0 radical (unpaired) electrons. The summed E-state index contributed by atoms with van der Waals surface area (Å²) >= 11 is 1.69. The van der Waals surface area contributed by atoms with Crippen LogP contribution in [0.3, 0.4) is 0 Å². The summed E-state index contributed by atoms with van der Waals surface area (Å²) in [6.45, 7) is 6.77. The van der Waals surface area contributed by atoms with E-state index in [2.05, 4.69) is 79.7 Å². The zero-order chi connectivity index (χ0) is 21.9. The summed E-state index contributed by atoms with van der Waals surface area (Å²) < 4.78 is 7.61. The number of aromatic nitrogens is 2. The van der Waals surface area contributed by atoms with Gasteiger partial charge in [-0.15, -0.1) is 11.3 Å². The molecule has 0 fully saturated rings. The van der Waals surface area contributed by atoms with Gasteiger partial charge in [0.15, 0.2) is 5.58 Å². The normalized spacial score (nSPS) is 12.2. The first kappa shape index (κ1) is 19.2. The number of fused-ring (bicyclic) bond motifs is 3. The second kappa shape index (κ2) is 7.01. The molecule has 0 aliphatic carbocycles. The number of furan rings is 1. The van der Waals surface area contributed by atoms with Crippen molar-refractivity contribution in [2.24, 2.45) is 0 Å². The maximum absolute atomic E-state index is 6.46. The molecule has 0 saturated carbocycles. The first-order valence-electron chi connectivity index (χ1n) is 10.7. The Hall–Kier alpha value is -3.50. The average Bonchev–Trinajstić information content (AvgIpc) is 3.44. The van der Waals surface area contributed by atoms with E-state index in [1.165, 1.54) is 21.7 Å². The Bertz CT molecular complexity index is 1620. The van der Waals surface area contributed by atoms with Crippen molar-refractivity contribution in [1.29, 1.82) is 0 Å². The molecule has 6 rings (SSSR count). The Morgan fingerprint density at radius 3 is 2.62 bits per heavy atom. The fraction of sp³-hybridized carbons (Fsp3) is 0.143. The molecule has 0 unspecified atom stereocenters. The number of hydrogen-bond acceptors (Lipinski definition) is 4. The molecular formula is C28H22N2OS. The summed E-state index contributed by atoms with van der Waals surface area (Å²) in [7, 11) is 0. The molecule has 4 aromatic heterocycles. The molecule has 4 heteroatoms. The molecule has 0 atom stereocenters. The largest absolute Gasteiger partial charge is 0.454 e. The second-order valence-corrected chi connectivity index (χ2v) is 10.2. The van der Waals surface area contributed by atoms with Crippen LogP contribution in [0.4, 0.5) is 0 Å². The minimum absolute atomic E-state index is 0.0120. The van der Waals surface area contributed by atoms with Gasteiger partial charge in [0.05, 0.1) is 4.70 Å². The highest BCUT2D eigenvalue weighted by molar-refractivity contribution is 7.17. The topological polar surface area (TPSA) is 38.9 Å². The van der Waals surface area contributed by atoms with Crippen LogP contribution in [-0.2, 0) is 5.41 Å². The number of hydrogen-bond donors (Lipinski definition) is 0. The zero-order valence-corrected chi connectivity index (χ0v) is 19.0. The molecular weight excluding hydrogens is 412 g/mol. The maximum atomic E-state index is 6.46. The summed E-state index contributed by atoms with van der Waals surface area (Å²) in [5, 5.41) is 6.80. The van der Waals surface area contributed by atoms with E-state index in [4.69, 9.17) is 9.40 Å². The van der Waals surface area contributed by atoms with Gasteiger partial charge in [-0.25, -0.2) is 0 Å². The predicted molar refractivity (Wildman–Crippen MR) is 134 cm³/mol. The van der Waals surface area contributed by atoms with E-state index in [0.29, 0.717) is 0 Å². The van der Waals surface area contributed by atoms with Gasteiger partial charge < -0.3 is 4.42 Å². The molecule has 0 amide bonds. The third-order valence-electron chi connectivity index (χ3n) is 6.02. The molecule has 0 aliphatic heterocycles. The van der Waals surface area contributed by atoms with Crippen molar-refractivity contribution in [3.63, 3.8) is 0 Å². The fourth-order valence-electron chi connectivity index (χ4n) is 4.46. The molecule has 4 heterocycles. The van der Waals surface area contributed by atoms with Gasteiger partial charge in [0.25, 0.3) is 0 Å². The first-order chi connectivity index (χ1) is 15.5. The third-order valence-corrected chi connectivity index (χ3v) is 6.87. The molecule has 0 saturated heterocycles. The molecule has 0 spiro atoms. The van der Waals surface area contributed by atoms with E-state index < -0.39 is 0 Å². The fourth-order valence-corrected chi connectivity index (χ4v) is 5.24. The Balaban J connectivity index is 1.60. The van der Waals surface area contributed by atoms with Gasteiger partial charge in [0.2, 0.25) is 0 Å². The number of rotatable bonds is 2. The lowest BCUT2D eigenvalue weighted by atomic mass is 9.82. The Labute approximate surface area is 190 Å².